The molecule has 6 fully saturated rings. The predicted molar refractivity (Wildman–Crippen MR) is 38.7 cm³/mol. The molecule has 0 aromatic rings. The van der Waals surface area contributed by atoms with Crippen LogP contribution >= 0.6 is 0 Å². The Labute approximate surface area is 66.1 Å². The summed E-state index contributed by atoms with van der Waals surface area (Å²) in [7, 11) is 1.88. The lowest BCUT2D eigenvalue weighted by Crippen LogP contribution is -3.06. The Bertz CT molecular complexity index is 232. The van der Waals surface area contributed by atoms with Gasteiger partial charge >= 0.3 is 0 Å². The molecule has 0 atom stereocenters. The Morgan fingerprint density at radius 2 is 1.55 bits per heavy atom. The number of methoxy groups -OCH3 is 1. The van der Waals surface area contributed by atoms with Gasteiger partial charge in [0.2, 0.25) is 0 Å². The summed E-state index contributed by atoms with van der Waals surface area (Å²) in [5.41, 5.74) is 0.795. The lowest BCUT2D eigenvalue weighted by atomic mass is 8.97. The molecule has 11 heavy (non-hydrogen) atoms. The van der Waals surface area contributed by atoms with E-state index in [-0.39, 0.29) is 0 Å². The first-order chi connectivity index (χ1) is 5.43. The Balaban J connectivity index is 1.64. The third-order valence-electron chi connectivity index (χ3n) is 6.08. The van der Waals surface area contributed by atoms with Gasteiger partial charge in [0.05, 0.1) is 6.61 Å². The van der Waals surface area contributed by atoms with E-state index in [1.54, 1.807) is 0 Å². The van der Waals surface area contributed by atoms with E-state index in [4.69, 9.17) is 4.74 Å². The quantitative estimate of drug-likeness (QED) is 0.567. The van der Waals surface area contributed by atoms with E-state index < -0.39 is 0 Å². The number of hydrogen-bond acceptors (Lipinski definition) is 1. The molecule has 0 N–H and O–H groups in total. The Kier molecular flexibility index (Phi) is 0.421. The van der Waals surface area contributed by atoms with E-state index in [0.717, 1.165) is 12.0 Å². The second-order valence-electron chi connectivity index (χ2n) is 5.43. The summed E-state index contributed by atoms with van der Waals surface area (Å²) in [6, 6.07) is 0. The van der Waals surface area contributed by atoms with E-state index in [9.17, 15) is 0 Å². The zero-order valence-electron chi connectivity index (χ0n) is 6.66. The van der Waals surface area contributed by atoms with Gasteiger partial charge in [0, 0.05) is 12.5 Å². The molecule has 58 valence electrons. The molecule has 0 radical (unpaired) electrons. The van der Waals surface area contributed by atoms with Crippen molar-refractivity contribution in [2.45, 2.75) is 0 Å². The van der Waals surface area contributed by atoms with Crippen LogP contribution in [0.4, 0.5) is 0 Å². The highest BCUT2D eigenvalue weighted by Gasteiger charge is 3.03. The molecule has 6 saturated carbocycles. The van der Waals surface area contributed by atoms with Gasteiger partial charge in [-0.25, -0.2) is 0 Å². The largest absolute Gasteiger partial charge is 0.384 e. The molecular formula is C10H12O. The highest BCUT2D eigenvalue weighted by Crippen LogP contribution is 3.05. The summed E-state index contributed by atoms with van der Waals surface area (Å²) < 4.78 is 5.35. The summed E-state index contributed by atoms with van der Waals surface area (Å²) in [6.45, 7) is 1.10. The SMILES string of the molecule is COCC12C3C4C5C3C1C5C42. The molecule has 0 spiro atoms. The fourth-order valence-corrected chi connectivity index (χ4v) is 6.21. The van der Waals surface area contributed by atoms with E-state index >= 15 is 0 Å². The number of hydrogen-bond donors (Lipinski definition) is 0. The molecule has 0 unspecified atom stereocenters. The van der Waals surface area contributed by atoms with Gasteiger partial charge in [-0.3, -0.25) is 0 Å². The average Bonchev–Trinajstić information content (AvgIpc) is 2.06. The topological polar surface area (TPSA) is 9.23 Å². The maximum absolute atomic E-state index is 5.35. The second kappa shape index (κ2) is 0.953. The van der Waals surface area contributed by atoms with Crippen LogP contribution in [0.1, 0.15) is 0 Å². The molecule has 0 heterocycles. The van der Waals surface area contributed by atoms with Gasteiger partial charge in [-0.15, -0.1) is 0 Å². The van der Waals surface area contributed by atoms with Crippen LogP contribution in [0.25, 0.3) is 0 Å². The molecule has 6 rings (SSSR count). The van der Waals surface area contributed by atoms with Gasteiger partial charge in [0.1, 0.15) is 0 Å². The van der Waals surface area contributed by atoms with Crippen LogP contribution < -0.4 is 0 Å². The summed E-state index contributed by atoms with van der Waals surface area (Å²) in [5.74, 6) is 8.46. The summed E-state index contributed by atoms with van der Waals surface area (Å²) in [4.78, 5) is 0. The highest BCUT2D eigenvalue weighted by atomic mass is 16.5. The molecule has 6 aliphatic carbocycles. The monoisotopic (exact) mass is 148 g/mol. The first-order valence-corrected chi connectivity index (χ1v) is 4.92. The van der Waals surface area contributed by atoms with Gasteiger partial charge in [-0.05, 0) is 41.4 Å². The smallest absolute Gasteiger partial charge is 0.0527 e. The molecule has 0 amide bonds. The van der Waals surface area contributed by atoms with Crippen molar-refractivity contribution >= 4 is 0 Å². The van der Waals surface area contributed by atoms with Crippen LogP contribution in [0.5, 0.6) is 0 Å². The molecule has 1 nitrogen and oxygen atoms in total. The van der Waals surface area contributed by atoms with Crippen molar-refractivity contribution in [1.82, 2.24) is 0 Å². The average molecular weight is 148 g/mol. The van der Waals surface area contributed by atoms with Crippen molar-refractivity contribution in [3.63, 3.8) is 0 Å². The van der Waals surface area contributed by atoms with Crippen molar-refractivity contribution in [1.29, 1.82) is 0 Å². The van der Waals surface area contributed by atoms with Gasteiger partial charge < -0.3 is 4.74 Å². The Morgan fingerprint density at radius 1 is 1.00 bits per heavy atom. The summed E-state index contributed by atoms with van der Waals surface area (Å²) in [5, 5.41) is 0. The van der Waals surface area contributed by atoms with Crippen LogP contribution in [-0.2, 0) is 4.74 Å². The maximum atomic E-state index is 5.35. The van der Waals surface area contributed by atoms with E-state index in [0.29, 0.717) is 0 Å². The lowest BCUT2D eigenvalue weighted by molar-refractivity contribution is -0.618. The fourth-order valence-electron chi connectivity index (χ4n) is 6.21. The molecule has 0 aromatic carbocycles. The standard InChI is InChI=1S/C10H12O/c1-11-2-10-7-4-3-5(7)9(10)6(3)8(4)10/h3-9H,2H2,1H3. The van der Waals surface area contributed by atoms with Crippen LogP contribution in [0.2, 0.25) is 0 Å². The first-order valence-electron chi connectivity index (χ1n) is 4.92. The minimum atomic E-state index is 0.795. The van der Waals surface area contributed by atoms with Crippen molar-refractivity contribution in [3.8, 4) is 0 Å². The van der Waals surface area contributed by atoms with Crippen LogP contribution in [0, 0.1) is 46.8 Å². The zero-order valence-corrected chi connectivity index (χ0v) is 6.66. The molecule has 0 bridgehead atoms. The maximum Gasteiger partial charge on any atom is 0.0527 e. The zero-order chi connectivity index (χ0) is 6.96. The highest BCUT2D eigenvalue weighted by molar-refractivity contribution is 5.49. The van der Waals surface area contributed by atoms with E-state index in [2.05, 4.69) is 0 Å². The lowest BCUT2D eigenvalue weighted by Gasteiger charge is -3.07. The van der Waals surface area contributed by atoms with Crippen LogP contribution in [0.3, 0.4) is 0 Å². The Morgan fingerprint density at radius 3 is 2.00 bits per heavy atom. The van der Waals surface area contributed by atoms with Gasteiger partial charge in [-0.1, -0.05) is 0 Å². The van der Waals surface area contributed by atoms with E-state index in [1.165, 1.54) is 41.4 Å². The minimum absolute atomic E-state index is 0.795. The van der Waals surface area contributed by atoms with Gasteiger partial charge in [0.25, 0.3) is 0 Å². The molecule has 0 aliphatic heterocycles. The summed E-state index contributed by atoms with van der Waals surface area (Å²) in [6.07, 6.45) is 0. The number of ether oxygens (including phenoxy) is 1. The second-order valence-corrected chi connectivity index (χ2v) is 5.43. The first kappa shape index (κ1) is 4.86. The molecule has 0 aromatic heterocycles. The third kappa shape index (κ3) is 0.188. The van der Waals surface area contributed by atoms with Crippen LogP contribution in [-0.4, -0.2) is 13.7 Å². The molecule has 6 aliphatic rings. The summed E-state index contributed by atoms with van der Waals surface area (Å²) >= 11 is 0. The minimum Gasteiger partial charge on any atom is -0.384 e. The molecule has 0 saturated heterocycles. The van der Waals surface area contributed by atoms with E-state index in [1.807, 2.05) is 7.11 Å². The fraction of sp³-hybridized carbons (Fsp3) is 1.00. The predicted octanol–water partition coefficient (Wildman–Crippen LogP) is 1.00. The molecular weight excluding hydrogens is 136 g/mol. The van der Waals surface area contributed by atoms with Crippen molar-refractivity contribution < 1.29 is 4.74 Å². The third-order valence-corrected chi connectivity index (χ3v) is 6.08. The Hall–Kier alpha value is -0.0400. The van der Waals surface area contributed by atoms with Gasteiger partial charge in [0.15, 0.2) is 0 Å². The molecule has 1 heteroatoms. The van der Waals surface area contributed by atoms with Crippen molar-refractivity contribution in [2.24, 2.45) is 46.8 Å². The van der Waals surface area contributed by atoms with Crippen molar-refractivity contribution in [2.75, 3.05) is 13.7 Å². The van der Waals surface area contributed by atoms with Crippen LogP contribution in [0.15, 0.2) is 0 Å². The van der Waals surface area contributed by atoms with Gasteiger partial charge in [-0.2, -0.15) is 0 Å². The normalized spacial score (nSPS) is 88.6. The van der Waals surface area contributed by atoms with Crippen molar-refractivity contribution in [3.05, 3.63) is 0 Å². The number of rotatable bonds is 2.